The van der Waals surface area contributed by atoms with E-state index in [1.807, 2.05) is 36.0 Å². The van der Waals surface area contributed by atoms with Crippen LogP contribution < -0.4 is 14.2 Å². The van der Waals surface area contributed by atoms with Crippen molar-refractivity contribution >= 4 is 0 Å². The molecule has 0 N–H and O–H groups in total. The lowest BCUT2D eigenvalue weighted by atomic mass is 10.1. The Hall–Kier alpha value is -4.15. The zero-order valence-electron chi connectivity index (χ0n) is 18.5. The lowest BCUT2D eigenvalue weighted by Crippen LogP contribution is -2.17. The fraction of sp³-hybridized carbons (Fsp3) is 0.217. The molecule has 0 atom stereocenters. The zero-order chi connectivity index (χ0) is 24.3. The van der Waals surface area contributed by atoms with Gasteiger partial charge in [-0.05, 0) is 36.8 Å². The summed E-state index contributed by atoms with van der Waals surface area (Å²) in [5, 5.41) is 8.51. The topological polar surface area (TPSA) is 84.2 Å². The maximum Gasteiger partial charge on any atom is 0.573 e. The molecule has 0 saturated carbocycles. The van der Waals surface area contributed by atoms with Gasteiger partial charge >= 0.3 is 12.4 Å². The summed E-state index contributed by atoms with van der Waals surface area (Å²) in [6.45, 7) is 2.20. The van der Waals surface area contributed by atoms with Crippen molar-refractivity contribution in [2.24, 2.45) is 0 Å². The van der Waals surface area contributed by atoms with Crippen LogP contribution in [0.2, 0.25) is 0 Å². The van der Waals surface area contributed by atoms with Crippen LogP contribution in [0, 0.1) is 6.92 Å². The normalized spacial score (nSPS) is 11.4. The van der Waals surface area contributed by atoms with Crippen LogP contribution in [-0.4, -0.2) is 45.3 Å². The lowest BCUT2D eigenvalue weighted by molar-refractivity contribution is -0.274. The first-order valence-corrected chi connectivity index (χ1v) is 10.1. The second kappa shape index (κ2) is 9.38. The molecule has 0 aliphatic heterocycles. The fourth-order valence-electron chi connectivity index (χ4n) is 3.41. The Morgan fingerprint density at radius 2 is 1.82 bits per heavy atom. The number of nitrogens with zero attached hydrogens (tertiary/aromatic N) is 5. The summed E-state index contributed by atoms with van der Waals surface area (Å²) in [6, 6.07) is 9.80. The van der Waals surface area contributed by atoms with Crippen molar-refractivity contribution in [2.45, 2.75) is 19.8 Å². The molecule has 11 heteroatoms. The third kappa shape index (κ3) is 5.25. The van der Waals surface area contributed by atoms with E-state index in [1.54, 1.807) is 12.3 Å². The number of alkyl halides is 3. The molecular formula is C23H20F3N5O3. The number of methoxy groups -OCH3 is 2. The maximum absolute atomic E-state index is 12.5. The van der Waals surface area contributed by atoms with Crippen molar-refractivity contribution in [1.29, 1.82) is 0 Å². The van der Waals surface area contributed by atoms with Gasteiger partial charge in [0.1, 0.15) is 11.4 Å². The Balaban J connectivity index is 1.60. The summed E-state index contributed by atoms with van der Waals surface area (Å²) in [6.07, 6.45) is 0.533. The summed E-state index contributed by atoms with van der Waals surface area (Å²) in [5.41, 5.74) is 4.13. The average molecular weight is 471 g/mol. The maximum atomic E-state index is 12.5. The molecule has 0 bridgehead atoms. The molecule has 0 radical (unpaired) electrons. The van der Waals surface area contributed by atoms with E-state index in [1.165, 1.54) is 32.4 Å². The van der Waals surface area contributed by atoms with Crippen molar-refractivity contribution in [3.05, 3.63) is 66.2 Å². The highest BCUT2D eigenvalue weighted by molar-refractivity contribution is 5.73. The summed E-state index contributed by atoms with van der Waals surface area (Å²) in [4.78, 5) is 8.30. The van der Waals surface area contributed by atoms with Crippen LogP contribution in [-0.2, 0) is 6.54 Å². The van der Waals surface area contributed by atoms with E-state index in [0.29, 0.717) is 34.9 Å². The van der Waals surface area contributed by atoms with Crippen LogP contribution in [0.3, 0.4) is 0 Å². The highest BCUT2D eigenvalue weighted by atomic mass is 19.4. The van der Waals surface area contributed by atoms with E-state index in [0.717, 1.165) is 11.1 Å². The van der Waals surface area contributed by atoms with Crippen LogP contribution in [0.25, 0.3) is 22.4 Å². The fourth-order valence-corrected chi connectivity index (χ4v) is 3.41. The number of rotatable bonds is 7. The minimum absolute atomic E-state index is 0.169. The summed E-state index contributed by atoms with van der Waals surface area (Å²) in [7, 11) is 2.95. The number of benzene rings is 1. The van der Waals surface area contributed by atoms with Crippen LogP contribution in [0.4, 0.5) is 13.2 Å². The molecule has 0 spiro atoms. The predicted molar refractivity (Wildman–Crippen MR) is 117 cm³/mol. The van der Waals surface area contributed by atoms with Gasteiger partial charge in [0.25, 0.3) is 0 Å². The van der Waals surface area contributed by atoms with Gasteiger partial charge in [0.2, 0.25) is 5.88 Å². The second-order valence-electron chi connectivity index (χ2n) is 7.28. The molecule has 34 heavy (non-hydrogen) atoms. The minimum Gasteiger partial charge on any atom is -0.480 e. The van der Waals surface area contributed by atoms with Gasteiger partial charge in [-0.15, -0.1) is 18.3 Å². The molecule has 0 aliphatic carbocycles. The second-order valence-corrected chi connectivity index (χ2v) is 7.28. The smallest absolute Gasteiger partial charge is 0.480 e. The number of hydrogen-bond acceptors (Lipinski definition) is 7. The summed E-state index contributed by atoms with van der Waals surface area (Å²) in [5.74, 6) is 0.0429. The molecule has 0 amide bonds. The molecule has 8 nitrogen and oxygen atoms in total. The van der Waals surface area contributed by atoms with Crippen LogP contribution in [0.5, 0.6) is 17.6 Å². The van der Waals surface area contributed by atoms with Crippen molar-refractivity contribution < 1.29 is 27.4 Å². The Labute approximate surface area is 193 Å². The predicted octanol–water partition coefficient (Wildman–Crippen LogP) is 4.67. The lowest BCUT2D eigenvalue weighted by Gasteiger charge is -2.10. The molecule has 4 aromatic rings. The van der Waals surface area contributed by atoms with Crippen LogP contribution >= 0.6 is 0 Å². The van der Waals surface area contributed by atoms with Crippen molar-refractivity contribution in [3.63, 3.8) is 0 Å². The van der Waals surface area contributed by atoms with Gasteiger partial charge in [0, 0.05) is 36.3 Å². The standard InChI is InChI=1S/C23H20F3N5O3/c1-14-18(10-20(30-29-14)19-11-27-22(33-3)28-21(19)32-2)16-7-8-31(13-16)12-15-5-4-6-17(9-15)34-23(24,25)26/h4-11,13H,12H2,1-3H3. The van der Waals surface area contributed by atoms with Gasteiger partial charge in [-0.3, -0.25) is 0 Å². The molecule has 1 aromatic carbocycles. The van der Waals surface area contributed by atoms with Gasteiger partial charge in [-0.2, -0.15) is 10.1 Å². The highest BCUT2D eigenvalue weighted by Crippen LogP contribution is 2.31. The largest absolute Gasteiger partial charge is 0.573 e. The minimum atomic E-state index is -4.74. The number of aryl methyl sites for hydroxylation is 1. The van der Waals surface area contributed by atoms with Gasteiger partial charge in [0.15, 0.2) is 0 Å². The number of ether oxygens (including phenoxy) is 3. The molecule has 0 unspecified atom stereocenters. The third-order valence-electron chi connectivity index (χ3n) is 4.92. The first kappa shape index (κ1) is 23.0. The molecule has 3 heterocycles. The Morgan fingerprint density at radius 1 is 1.00 bits per heavy atom. The molecule has 0 fully saturated rings. The van der Waals surface area contributed by atoms with Crippen molar-refractivity contribution in [3.8, 4) is 40.0 Å². The van der Waals surface area contributed by atoms with E-state index in [2.05, 4.69) is 24.9 Å². The first-order chi connectivity index (χ1) is 16.3. The molecule has 176 valence electrons. The quantitative estimate of drug-likeness (QED) is 0.387. The summed E-state index contributed by atoms with van der Waals surface area (Å²) < 4.78 is 53.8. The molecule has 0 aliphatic rings. The van der Waals surface area contributed by atoms with Crippen LogP contribution in [0.1, 0.15) is 11.3 Å². The summed E-state index contributed by atoms with van der Waals surface area (Å²) >= 11 is 0. The first-order valence-electron chi connectivity index (χ1n) is 10.1. The van der Waals surface area contributed by atoms with Gasteiger partial charge in [-0.1, -0.05) is 12.1 Å². The van der Waals surface area contributed by atoms with E-state index in [4.69, 9.17) is 9.47 Å². The number of hydrogen-bond donors (Lipinski definition) is 0. The average Bonchev–Trinajstić information content (AvgIpc) is 3.26. The number of halogens is 3. The van der Waals surface area contributed by atoms with E-state index < -0.39 is 6.36 Å². The van der Waals surface area contributed by atoms with E-state index >= 15 is 0 Å². The van der Waals surface area contributed by atoms with Gasteiger partial charge < -0.3 is 18.8 Å². The zero-order valence-corrected chi connectivity index (χ0v) is 18.5. The van der Waals surface area contributed by atoms with Crippen molar-refractivity contribution in [1.82, 2.24) is 24.7 Å². The molecular weight excluding hydrogens is 451 g/mol. The monoisotopic (exact) mass is 471 g/mol. The third-order valence-corrected chi connectivity index (χ3v) is 4.92. The van der Waals surface area contributed by atoms with Crippen LogP contribution in [0.15, 0.2) is 55.0 Å². The Kier molecular flexibility index (Phi) is 6.35. The molecule has 0 saturated heterocycles. The molecule has 3 aromatic heterocycles. The van der Waals surface area contributed by atoms with Gasteiger partial charge in [-0.25, -0.2) is 4.98 Å². The van der Waals surface area contributed by atoms with Crippen molar-refractivity contribution in [2.75, 3.05) is 14.2 Å². The number of aromatic nitrogens is 5. The Morgan fingerprint density at radius 3 is 2.56 bits per heavy atom. The van der Waals surface area contributed by atoms with E-state index in [9.17, 15) is 13.2 Å². The van der Waals surface area contributed by atoms with E-state index in [-0.39, 0.29) is 11.8 Å². The SMILES string of the molecule is COc1ncc(-c2cc(-c3ccn(Cc4cccc(OC(F)(F)F)c4)c3)c(C)nn2)c(OC)n1. The Bertz CT molecular complexity index is 1310. The van der Waals surface area contributed by atoms with Gasteiger partial charge in [0.05, 0.1) is 25.5 Å². The molecule has 4 rings (SSSR count). The highest BCUT2D eigenvalue weighted by Gasteiger charge is 2.31.